The highest BCUT2D eigenvalue weighted by Crippen LogP contribution is 2.69. The lowest BCUT2D eigenvalue weighted by molar-refractivity contribution is -0.150. The molecule has 3 unspecified atom stereocenters. The molecule has 4 saturated carbocycles. The Morgan fingerprint density at radius 1 is 1.06 bits per heavy atom. The van der Waals surface area contributed by atoms with Crippen LogP contribution in [-0.4, -0.2) is 34.9 Å². The van der Waals surface area contributed by atoms with Gasteiger partial charge in [0.25, 0.3) is 0 Å². The largest absolute Gasteiger partial charge is 0.462 e. The van der Waals surface area contributed by atoms with Crippen molar-refractivity contribution < 1.29 is 24.2 Å². The van der Waals surface area contributed by atoms with Gasteiger partial charge in [-0.1, -0.05) is 31.6 Å². The van der Waals surface area contributed by atoms with Crippen molar-refractivity contribution in [2.45, 2.75) is 84.3 Å². The van der Waals surface area contributed by atoms with E-state index in [-0.39, 0.29) is 58.1 Å². The fraction of sp³-hybridized carbons (Fsp3) is 0.759. The van der Waals surface area contributed by atoms with E-state index in [0.717, 1.165) is 44.9 Å². The maximum Gasteiger partial charge on any atom is 0.302 e. The number of esters is 1. The lowest BCUT2D eigenvalue weighted by atomic mass is 9.47. The molecule has 184 valence electrons. The predicted molar refractivity (Wildman–Crippen MR) is 126 cm³/mol. The number of ether oxygens (including phenoxy) is 1. The average Bonchev–Trinajstić information content (AvgIpc) is 3.10. The first-order valence-corrected chi connectivity index (χ1v) is 13.4. The Bertz CT molecular complexity index is 994. The molecule has 0 amide bonds. The second-order valence-corrected chi connectivity index (χ2v) is 12.8. The van der Waals surface area contributed by atoms with Gasteiger partial charge in [-0.3, -0.25) is 14.4 Å². The monoisotopic (exact) mass is 466 g/mol. The number of ketones is 2. The molecule has 1 N–H and O–H groups in total. The second kappa shape index (κ2) is 7.62. The van der Waals surface area contributed by atoms with Gasteiger partial charge in [-0.05, 0) is 79.1 Å². The Hall–Kier alpha value is -1.75. The van der Waals surface area contributed by atoms with Gasteiger partial charge in [-0.15, -0.1) is 0 Å². The number of allylic oxidation sites excluding steroid dienone is 2. The van der Waals surface area contributed by atoms with Crippen molar-refractivity contribution in [2.75, 3.05) is 0 Å². The second-order valence-electron chi connectivity index (χ2n) is 12.8. The van der Waals surface area contributed by atoms with Crippen molar-refractivity contribution in [1.29, 1.82) is 0 Å². The highest BCUT2D eigenvalue weighted by Gasteiger charge is 2.66. The summed E-state index contributed by atoms with van der Waals surface area (Å²) >= 11 is 0. The van der Waals surface area contributed by atoms with Crippen molar-refractivity contribution in [3.8, 4) is 0 Å². The van der Waals surface area contributed by atoms with E-state index in [1.807, 2.05) is 0 Å². The van der Waals surface area contributed by atoms with Crippen molar-refractivity contribution >= 4 is 17.5 Å². The summed E-state index contributed by atoms with van der Waals surface area (Å²) in [4.78, 5) is 38.0. The molecule has 34 heavy (non-hydrogen) atoms. The Kier molecular flexibility index (Phi) is 5.09. The van der Waals surface area contributed by atoms with Gasteiger partial charge in [-0.2, -0.15) is 0 Å². The molecule has 0 aromatic carbocycles. The zero-order valence-electron chi connectivity index (χ0n) is 20.7. The first-order chi connectivity index (χ1) is 16.1. The fourth-order valence-electron chi connectivity index (χ4n) is 10.0. The van der Waals surface area contributed by atoms with Gasteiger partial charge in [0.15, 0.2) is 5.78 Å². The molecule has 6 rings (SSSR count). The summed E-state index contributed by atoms with van der Waals surface area (Å²) in [6, 6.07) is 0. The summed E-state index contributed by atoms with van der Waals surface area (Å²) < 4.78 is 5.58. The van der Waals surface area contributed by atoms with E-state index in [0.29, 0.717) is 24.2 Å². The highest BCUT2D eigenvalue weighted by atomic mass is 16.5. The molecule has 0 aromatic heterocycles. The summed E-state index contributed by atoms with van der Waals surface area (Å²) in [7, 11) is 0. The Balaban J connectivity index is 1.31. The molecule has 0 bridgehead atoms. The van der Waals surface area contributed by atoms with Crippen molar-refractivity contribution in [2.24, 2.45) is 52.3 Å². The van der Waals surface area contributed by atoms with Crippen molar-refractivity contribution in [1.82, 2.24) is 0 Å². The minimum Gasteiger partial charge on any atom is -0.462 e. The Labute approximate surface area is 202 Å². The minimum absolute atomic E-state index is 0.00272. The maximum atomic E-state index is 13.5. The molecule has 5 nitrogen and oxygen atoms in total. The highest BCUT2D eigenvalue weighted by molar-refractivity contribution is 5.96. The van der Waals surface area contributed by atoms with Crippen LogP contribution in [0.4, 0.5) is 0 Å². The topological polar surface area (TPSA) is 80.7 Å². The summed E-state index contributed by atoms with van der Waals surface area (Å²) in [5.74, 6) is 1.38. The number of hydrogen-bond donors (Lipinski definition) is 1. The standard InChI is InChI=1S/C29H38O5/c1-15(30)34-17-8-10-28(2)16(12-17)4-5-18-21(28)9-11-29(3)22(18)13-20-26-19(14-25(33)27(20)29)23(31)6-7-24(26)32/h4,6-7,17-23,26-27,31H,5,8-14H2,1-3H3/t17-,18?,19+,20-,21?,22?,23+,26-,27+,28-,29-/m0/s1. The number of carbonyl (C=O) groups excluding carboxylic acids is 3. The molecule has 6 aliphatic rings. The molecule has 11 atom stereocenters. The van der Waals surface area contributed by atoms with Crippen LogP contribution in [0.5, 0.6) is 0 Å². The SMILES string of the molecule is CC(=O)O[C@H]1CC[C@@]2(C)C(=CCC3C2CC[C@@]2(C)C3C[C@H]3[C@H]4C(=O)C=C[C@@H](O)[C@H]4CC(=O)[C@@H]32)C1. The molecule has 5 heteroatoms. The van der Waals surface area contributed by atoms with Crippen LogP contribution in [0.25, 0.3) is 0 Å². The summed E-state index contributed by atoms with van der Waals surface area (Å²) in [6.45, 7) is 6.27. The summed E-state index contributed by atoms with van der Waals surface area (Å²) in [5, 5.41) is 10.6. The molecule has 4 fully saturated rings. The van der Waals surface area contributed by atoms with Crippen LogP contribution < -0.4 is 0 Å². The average molecular weight is 467 g/mol. The number of carbonyl (C=O) groups is 3. The third kappa shape index (κ3) is 3.04. The van der Waals surface area contributed by atoms with Gasteiger partial charge in [0.2, 0.25) is 0 Å². The van der Waals surface area contributed by atoms with Crippen molar-refractivity contribution in [3.05, 3.63) is 23.8 Å². The van der Waals surface area contributed by atoms with E-state index in [1.165, 1.54) is 12.5 Å². The quantitative estimate of drug-likeness (QED) is 0.457. The Morgan fingerprint density at radius 2 is 1.85 bits per heavy atom. The van der Waals surface area contributed by atoms with E-state index in [2.05, 4.69) is 19.9 Å². The van der Waals surface area contributed by atoms with E-state index >= 15 is 0 Å². The van der Waals surface area contributed by atoms with Gasteiger partial charge in [0, 0.05) is 37.5 Å². The summed E-state index contributed by atoms with van der Waals surface area (Å²) in [5.41, 5.74) is 1.56. The summed E-state index contributed by atoms with van der Waals surface area (Å²) in [6.07, 6.45) is 12.2. The van der Waals surface area contributed by atoms with Gasteiger partial charge >= 0.3 is 5.97 Å². The number of rotatable bonds is 1. The Morgan fingerprint density at radius 3 is 2.62 bits per heavy atom. The van der Waals surface area contributed by atoms with Crippen molar-refractivity contribution in [3.63, 3.8) is 0 Å². The lowest BCUT2D eigenvalue weighted by Gasteiger charge is -2.58. The number of aliphatic hydroxyl groups is 1. The molecular formula is C29H38O5. The lowest BCUT2D eigenvalue weighted by Crippen LogP contribution is -2.53. The molecule has 0 aliphatic heterocycles. The molecule has 0 spiro atoms. The van der Waals surface area contributed by atoms with Crippen LogP contribution in [-0.2, 0) is 19.1 Å². The molecule has 0 saturated heterocycles. The van der Waals surface area contributed by atoms with E-state index in [4.69, 9.17) is 4.74 Å². The van der Waals surface area contributed by atoms with Gasteiger partial charge in [0.1, 0.15) is 11.9 Å². The normalized spacial score (nSPS) is 51.4. The van der Waals surface area contributed by atoms with Gasteiger partial charge in [0.05, 0.1) is 6.10 Å². The predicted octanol–water partition coefficient (Wildman–Crippen LogP) is 4.43. The third-order valence-corrected chi connectivity index (χ3v) is 11.4. The zero-order valence-corrected chi connectivity index (χ0v) is 20.7. The molecule has 0 heterocycles. The minimum atomic E-state index is -0.678. The molecule has 0 radical (unpaired) electrons. The number of aliphatic hydroxyl groups excluding tert-OH is 1. The van der Waals surface area contributed by atoms with Crippen LogP contribution in [0.1, 0.15) is 72.1 Å². The first kappa shape index (κ1) is 22.7. The van der Waals surface area contributed by atoms with E-state index in [1.54, 1.807) is 12.2 Å². The van der Waals surface area contributed by atoms with E-state index < -0.39 is 6.10 Å². The molecule has 6 aliphatic carbocycles. The third-order valence-electron chi connectivity index (χ3n) is 11.4. The van der Waals surface area contributed by atoms with Crippen LogP contribution in [0.2, 0.25) is 0 Å². The smallest absolute Gasteiger partial charge is 0.302 e. The number of fused-ring (bicyclic) bond motifs is 9. The van der Waals surface area contributed by atoms with Crippen LogP contribution in [0, 0.1) is 52.3 Å². The van der Waals surface area contributed by atoms with E-state index in [9.17, 15) is 19.5 Å². The number of Topliss-reactive ketones (excluding diaryl/α,β-unsaturated/α-hetero) is 1. The van der Waals surface area contributed by atoms with Gasteiger partial charge in [-0.25, -0.2) is 0 Å². The zero-order chi connectivity index (χ0) is 24.0. The maximum absolute atomic E-state index is 13.5. The first-order valence-electron chi connectivity index (χ1n) is 13.4. The molecule has 0 aromatic rings. The van der Waals surface area contributed by atoms with Gasteiger partial charge < -0.3 is 9.84 Å². The van der Waals surface area contributed by atoms with Crippen LogP contribution in [0.3, 0.4) is 0 Å². The van der Waals surface area contributed by atoms with Crippen LogP contribution >= 0.6 is 0 Å². The fourth-order valence-corrected chi connectivity index (χ4v) is 10.0. The molecular weight excluding hydrogens is 428 g/mol. The van der Waals surface area contributed by atoms with Crippen LogP contribution in [0.15, 0.2) is 23.8 Å². The number of hydrogen-bond acceptors (Lipinski definition) is 5.